The fourth-order valence-electron chi connectivity index (χ4n) is 2.94. The number of hydrogen-bond acceptors (Lipinski definition) is 2. The summed E-state index contributed by atoms with van der Waals surface area (Å²) in [5.74, 6) is 0.649. The summed E-state index contributed by atoms with van der Waals surface area (Å²) in [6.07, 6.45) is 2.49. The molecule has 2 fully saturated rings. The van der Waals surface area contributed by atoms with E-state index < -0.39 is 5.41 Å². The van der Waals surface area contributed by atoms with Gasteiger partial charge in [-0.05, 0) is 24.2 Å². The first kappa shape index (κ1) is 7.79. The van der Waals surface area contributed by atoms with Gasteiger partial charge in [0.05, 0.1) is 6.07 Å². The van der Waals surface area contributed by atoms with Crippen LogP contribution < -0.4 is 0 Å². The first-order valence-corrected chi connectivity index (χ1v) is 4.49. The predicted molar refractivity (Wildman–Crippen MR) is 44.2 cm³/mol. The smallest absolute Gasteiger partial charge is 0.153 e. The molecule has 2 saturated carbocycles. The highest BCUT2D eigenvalue weighted by atomic mass is 16.1. The Morgan fingerprint density at radius 2 is 2.25 bits per heavy atom. The zero-order valence-electron chi connectivity index (χ0n) is 7.55. The molecule has 0 saturated heterocycles. The highest BCUT2D eigenvalue weighted by Crippen LogP contribution is 2.63. The highest BCUT2D eigenvalue weighted by Gasteiger charge is 2.64. The van der Waals surface area contributed by atoms with Crippen LogP contribution in [0.15, 0.2) is 0 Å². The molecular weight excluding hydrogens is 150 g/mol. The molecule has 2 nitrogen and oxygen atoms in total. The topological polar surface area (TPSA) is 40.9 Å². The number of hydrogen-bond donors (Lipinski definition) is 0. The molecule has 2 aliphatic carbocycles. The van der Waals surface area contributed by atoms with Gasteiger partial charge in [0.1, 0.15) is 5.41 Å². The molecule has 2 bridgehead atoms. The molecule has 0 amide bonds. The van der Waals surface area contributed by atoms with Crippen molar-refractivity contribution in [3.63, 3.8) is 0 Å². The third kappa shape index (κ3) is 0.555. The summed E-state index contributed by atoms with van der Waals surface area (Å²) in [4.78, 5) is 11.6. The molecular formula is C10H13NO. The maximum absolute atomic E-state index is 11.6. The summed E-state index contributed by atoms with van der Waals surface area (Å²) in [5, 5.41) is 9.08. The van der Waals surface area contributed by atoms with E-state index in [4.69, 9.17) is 5.26 Å². The molecule has 12 heavy (non-hydrogen) atoms. The SMILES string of the molecule is CC1(C)[C@@H]2CC[C@@]1(C#N)C(=O)C2. The van der Waals surface area contributed by atoms with Gasteiger partial charge in [-0.15, -0.1) is 0 Å². The molecule has 0 aromatic rings. The summed E-state index contributed by atoms with van der Waals surface area (Å²) in [6, 6.07) is 2.26. The van der Waals surface area contributed by atoms with Crippen molar-refractivity contribution in [3.8, 4) is 6.07 Å². The average molecular weight is 163 g/mol. The van der Waals surface area contributed by atoms with Crippen LogP contribution in [-0.4, -0.2) is 5.78 Å². The minimum absolute atomic E-state index is 0.0706. The Labute approximate surface area is 72.6 Å². The Bertz CT molecular complexity index is 287. The number of fused-ring (bicyclic) bond motifs is 2. The van der Waals surface area contributed by atoms with Crippen molar-refractivity contribution < 1.29 is 4.79 Å². The van der Waals surface area contributed by atoms with Crippen molar-refractivity contribution in [2.75, 3.05) is 0 Å². The number of nitriles is 1. The maximum Gasteiger partial charge on any atom is 0.153 e. The second-order valence-corrected chi connectivity index (χ2v) is 4.60. The second kappa shape index (κ2) is 1.90. The van der Waals surface area contributed by atoms with E-state index in [0.29, 0.717) is 12.3 Å². The van der Waals surface area contributed by atoms with Gasteiger partial charge in [-0.2, -0.15) is 5.26 Å². The number of carbonyl (C=O) groups is 1. The fourth-order valence-corrected chi connectivity index (χ4v) is 2.94. The van der Waals surface area contributed by atoms with Gasteiger partial charge in [0.15, 0.2) is 5.78 Å². The third-order valence-corrected chi connectivity index (χ3v) is 4.09. The Balaban J connectivity index is 2.55. The molecule has 0 N–H and O–H groups in total. The van der Waals surface area contributed by atoms with E-state index in [1.165, 1.54) is 0 Å². The van der Waals surface area contributed by atoms with Gasteiger partial charge in [0, 0.05) is 6.42 Å². The van der Waals surface area contributed by atoms with E-state index in [1.807, 2.05) is 0 Å². The molecule has 0 aromatic carbocycles. The summed E-state index contributed by atoms with van der Waals surface area (Å²) < 4.78 is 0. The molecule has 2 atom stereocenters. The van der Waals surface area contributed by atoms with Gasteiger partial charge in [0.2, 0.25) is 0 Å². The zero-order chi connectivity index (χ0) is 8.98. The normalized spacial score (nSPS) is 43.1. The summed E-state index contributed by atoms with van der Waals surface area (Å²) >= 11 is 0. The van der Waals surface area contributed by atoms with Gasteiger partial charge in [-0.1, -0.05) is 13.8 Å². The number of Topliss-reactive ketones (excluding diaryl/α,β-unsaturated/α-hetero) is 1. The second-order valence-electron chi connectivity index (χ2n) is 4.60. The number of carbonyl (C=O) groups excluding carboxylic acids is 1. The van der Waals surface area contributed by atoms with Crippen LogP contribution in [0, 0.1) is 28.1 Å². The lowest BCUT2D eigenvalue weighted by atomic mass is 9.70. The Kier molecular flexibility index (Phi) is 1.24. The molecule has 0 spiro atoms. The van der Waals surface area contributed by atoms with Gasteiger partial charge in [-0.25, -0.2) is 0 Å². The summed E-state index contributed by atoms with van der Waals surface area (Å²) in [5.41, 5.74) is -0.698. The maximum atomic E-state index is 11.6. The van der Waals surface area contributed by atoms with Crippen LogP contribution in [0.1, 0.15) is 33.1 Å². The van der Waals surface area contributed by atoms with E-state index in [-0.39, 0.29) is 11.2 Å². The summed E-state index contributed by atoms with van der Waals surface area (Å²) in [7, 11) is 0. The Morgan fingerprint density at radius 3 is 2.50 bits per heavy atom. The van der Waals surface area contributed by atoms with E-state index in [0.717, 1.165) is 12.8 Å². The lowest BCUT2D eigenvalue weighted by molar-refractivity contribution is -0.126. The molecule has 2 rings (SSSR count). The number of nitrogens with zero attached hydrogens (tertiary/aromatic N) is 1. The molecule has 64 valence electrons. The average Bonchev–Trinajstić information content (AvgIpc) is 2.36. The molecule has 2 aliphatic rings. The zero-order valence-corrected chi connectivity index (χ0v) is 7.55. The lowest BCUT2D eigenvalue weighted by Gasteiger charge is -2.29. The minimum Gasteiger partial charge on any atom is -0.298 e. The predicted octanol–water partition coefficient (Wildman–Crippen LogP) is 1.91. The van der Waals surface area contributed by atoms with Crippen molar-refractivity contribution in [3.05, 3.63) is 0 Å². The van der Waals surface area contributed by atoms with E-state index >= 15 is 0 Å². The molecule has 0 aliphatic heterocycles. The van der Waals surface area contributed by atoms with E-state index in [9.17, 15) is 4.79 Å². The van der Waals surface area contributed by atoms with Gasteiger partial charge in [0.25, 0.3) is 0 Å². The third-order valence-electron chi connectivity index (χ3n) is 4.09. The van der Waals surface area contributed by atoms with Gasteiger partial charge in [-0.3, -0.25) is 4.79 Å². The van der Waals surface area contributed by atoms with Gasteiger partial charge >= 0.3 is 0 Å². The standard InChI is InChI=1S/C10H13NO/c1-9(2)7-3-4-10(9,6-11)8(12)5-7/h7H,3-5H2,1-2H3/t7-,10-/m1/s1. The van der Waals surface area contributed by atoms with Crippen molar-refractivity contribution >= 4 is 5.78 Å². The van der Waals surface area contributed by atoms with Crippen LogP contribution in [0.25, 0.3) is 0 Å². The van der Waals surface area contributed by atoms with E-state index in [1.54, 1.807) is 0 Å². The molecule has 0 heterocycles. The summed E-state index contributed by atoms with van der Waals surface area (Å²) in [6.45, 7) is 4.14. The first-order chi connectivity index (χ1) is 5.54. The van der Waals surface area contributed by atoms with Crippen LogP contribution >= 0.6 is 0 Å². The van der Waals surface area contributed by atoms with Crippen molar-refractivity contribution in [2.45, 2.75) is 33.1 Å². The lowest BCUT2D eigenvalue weighted by Crippen LogP contribution is -2.34. The van der Waals surface area contributed by atoms with Crippen molar-refractivity contribution in [2.24, 2.45) is 16.7 Å². The van der Waals surface area contributed by atoms with Crippen LogP contribution in [0.3, 0.4) is 0 Å². The number of rotatable bonds is 0. The van der Waals surface area contributed by atoms with Crippen LogP contribution in [0.2, 0.25) is 0 Å². The molecule has 2 heteroatoms. The van der Waals surface area contributed by atoms with Crippen LogP contribution in [0.4, 0.5) is 0 Å². The first-order valence-electron chi connectivity index (χ1n) is 4.49. The Morgan fingerprint density at radius 1 is 1.58 bits per heavy atom. The molecule has 0 unspecified atom stereocenters. The highest BCUT2D eigenvalue weighted by molar-refractivity contribution is 5.92. The largest absolute Gasteiger partial charge is 0.298 e. The fraction of sp³-hybridized carbons (Fsp3) is 0.800. The number of ketones is 1. The quantitative estimate of drug-likeness (QED) is 0.547. The Hall–Kier alpha value is -0.840. The molecule has 0 radical (unpaired) electrons. The minimum atomic E-state index is -0.627. The van der Waals surface area contributed by atoms with E-state index in [2.05, 4.69) is 19.9 Å². The monoisotopic (exact) mass is 163 g/mol. The van der Waals surface area contributed by atoms with Crippen molar-refractivity contribution in [1.82, 2.24) is 0 Å². The van der Waals surface area contributed by atoms with Crippen molar-refractivity contribution in [1.29, 1.82) is 5.26 Å². The van der Waals surface area contributed by atoms with Crippen LogP contribution in [0.5, 0.6) is 0 Å². The van der Waals surface area contributed by atoms with Crippen LogP contribution in [-0.2, 0) is 4.79 Å². The molecule has 0 aromatic heterocycles. The van der Waals surface area contributed by atoms with Gasteiger partial charge < -0.3 is 0 Å².